The van der Waals surface area contributed by atoms with E-state index in [1.165, 1.54) is 23.5 Å². The van der Waals surface area contributed by atoms with E-state index < -0.39 is 35.6 Å². The van der Waals surface area contributed by atoms with Gasteiger partial charge in [-0.15, -0.1) is 0 Å². The van der Waals surface area contributed by atoms with Crippen LogP contribution in [0.15, 0.2) is 36.5 Å². The highest BCUT2D eigenvalue weighted by atomic mass is 19.4. The molecule has 12 heteroatoms. The third-order valence-corrected chi connectivity index (χ3v) is 3.15. The molecule has 1 N–H and O–H groups in total. The predicted octanol–water partition coefficient (Wildman–Crippen LogP) is 3.84. The lowest BCUT2D eigenvalue weighted by Crippen LogP contribution is -2.57. The van der Waals surface area contributed by atoms with Gasteiger partial charge in [-0.1, -0.05) is 12.1 Å². The molecule has 0 radical (unpaired) electrons. The number of carbonyl (C=O) groups excluding carboxylic acids is 1. The normalized spacial score (nSPS) is 12.9. The monoisotopic (exact) mass is 387 g/mol. The zero-order chi connectivity index (χ0) is 19.8. The van der Waals surface area contributed by atoms with Crippen LogP contribution in [0, 0.1) is 5.82 Å². The highest BCUT2D eigenvalue weighted by molar-refractivity contribution is 5.96. The number of amides is 1. The Morgan fingerprint density at radius 2 is 1.73 bits per heavy atom. The first-order chi connectivity index (χ1) is 11.8. The Labute approximate surface area is 140 Å². The Balaban J connectivity index is 2.12. The van der Waals surface area contributed by atoms with Crippen LogP contribution in [0.2, 0.25) is 0 Å². The lowest BCUT2D eigenvalue weighted by molar-refractivity contribution is -0.343. The Hall–Kier alpha value is -2.66. The molecule has 142 valence electrons. The molecule has 0 bridgehead atoms. The first-order valence-corrected chi connectivity index (χ1v) is 6.76. The summed E-state index contributed by atoms with van der Waals surface area (Å²) in [6.45, 7) is -0.0667. The Kier molecular flexibility index (Phi) is 4.97. The Morgan fingerprint density at radius 3 is 2.31 bits per heavy atom. The number of anilines is 1. The number of aromatic nitrogens is 2. The van der Waals surface area contributed by atoms with Gasteiger partial charge in [0.15, 0.2) is 5.82 Å². The van der Waals surface area contributed by atoms with Crippen LogP contribution in [0.1, 0.15) is 5.56 Å². The van der Waals surface area contributed by atoms with Crippen molar-refractivity contribution in [1.82, 2.24) is 9.78 Å². The van der Waals surface area contributed by atoms with Crippen molar-refractivity contribution in [1.29, 1.82) is 0 Å². The molecule has 1 amide bonds. The summed E-state index contributed by atoms with van der Waals surface area (Å²) >= 11 is 0. The fourth-order valence-corrected chi connectivity index (χ4v) is 1.85. The fraction of sp³-hybridized carbons (Fsp3) is 0.286. The first kappa shape index (κ1) is 19.7. The number of nitrogens with zero attached hydrogens (tertiary/aromatic N) is 2. The minimum atomic E-state index is -6.62. The smallest absolute Gasteiger partial charge is 0.304 e. The third-order valence-electron chi connectivity index (χ3n) is 3.15. The van der Waals surface area contributed by atoms with Crippen molar-refractivity contribution < 1.29 is 39.9 Å². The van der Waals surface area contributed by atoms with Crippen LogP contribution < -0.4 is 5.32 Å². The van der Waals surface area contributed by atoms with E-state index in [0.29, 0.717) is 5.56 Å². The number of rotatable bonds is 5. The van der Waals surface area contributed by atoms with E-state index in [2.05, 4.69) is 5.10 Å². The minimum Gasteiger partial charge on any atom is -0.304 e. The number of nitrogens with one attached hydrogen (secondary N) is 1. The van der Waals surface area contributed by atoms with Crippen LogP contribution in [0.3, 0.4) is 0 Å². The van der Waals surface area contributed by atoms with E-state index in [-0.39, 0.29) is 6.54 Å². The summed E-state index contributed by atoms with van der Waals surface area (Å²) in [6.07, 6.45) is -5.49. The molecular weight excluding hydrogens is 378 g/mol. The summed E-state index contributed by atoms with van der Waals surface area (Å²) in [4.78, 5) is 11.2. The molecule has 0 fully saturated rings. The first-order valence-electron chi connectivity index (χ1n) is 6.76. The van der Waals surface area contributed by atoms with E-state index in [9.17, 15) is 39.9 Å². The molecule has 0 saturated heterocycles. The SMILES string of the molecule is O=C(Nc1ccn(Cc2cccc(F)c2)n1)C(F)(F)C(F)(F)C(F)(F)F. The molecule has 2 rings (SSSR count). The average Bonchev–Trinajstić information content (AvgIpc) is 2.92. The lowest BCUT2D eigenvalue weighted by Gasteiger charge is -2.26. The van der Waals surface area contributed by atoms with E-state index in [1.807, 2.05) is 0 Å². The van der Waals surface area contributed by atoms with Gasteiger partial charge >= 0.3 is 23.9 Å². The number of alkyl halides is 7. The highest BCUT2D eigenvalue weighted by Crippen LogP contribution is 2.46. The van der Waals surface area contributed by atoms with Crippen molar-refractivity contribution >= 4 is 11.7 Å². The standard InChI is InChI=1S/C14H9F8N3O/c15-9-3-1-2-8(6-9)7-25-5-4-10(24-25)23-11(26)12(16,17)13(18,19)14(20,21)22/h1-6H,7H2,(H,23,24,26). The van der Waals surface area contributed by atoms with Gasteiger partial charge in [-0.05, 0) is 17.7 Å². The molecule has 0 spiro atoms. The van der Waals surface area contributed by atoms with Gasteiger partial charge < -0.3 is 5.32 Å². The van der Waals surface area contributed by atoms with E-state index in [4.69, 9.17) is 0 Å². The quantitative estimate of drug-likeness (QED) is 0.793. The number of hydrogen-bond donors (Lipinski definition) is 1. The Bertz CT molecular complexity index is 799. The molecule has 0 saturated carbocycles. The van der Waals surface area contributed by atoms with Crippen molar-refractivity contribution in [3.63, 3.8) is 0 Å². The second kappa shape index (κ2) is 6.57. The molecule has 1 heterocycles. The van der Waals surface area contributed by atoms with Crippen molar-refractivity contribution in [3.8, 4) is 0 Å². The molecule has 0 unspecified atom stereocenters. The second-order valence-corrected chi connectivity index (χ2v) is 5.13. The Morgan fingerprint density at radius 1 is 1.08 bits per heavy atom. The fourth-order valence-electron chi connectivity index (χ4n) is 1.85. The van der Waals surface area contributed by atoms with Gasteiger partial charge in [0.2, 0.25) is 0 Å². The van der Waals surface area contributed by atoms with Gasteiger partial charge in [0, 0.05) is 12.3 Å². The minimum absolute atomic E-state index is 0.0667. The molecule has 0 aliphatic heterocycles. The molecular formula is C14H9F8N3O. The van der Waals surface area contributed by atoms with Crippen LogP contribution in [0.4, 0.5) is 40.9 Å². The van der Waals surface area contributed by atoms with Crippen LogP contribution in [0.5, 0.6) is 0 Å². The zero-order valence-electron chi connectivity index (χ0n) is 12.5. The molecule has 2 aromatic rings. The molecule has 0 aliphatic carbocycles. The van der Waals surface area contributed by atoms with Gasteiger partial charge in [-0.2, -0.15) is 35.8 Å². The number of carbonyl (C=O) groups is 1. The average molecular weight is 387 g/mol. The van der Waals surface area contributed by atoms with Crippen LogP contribution in [0.25, 0.3) is 0 Å². The number of hydrogen-bond acceptors (Lipinski definition) is 2. The largest absolute Gasteiger partial charge is 0.460 e. The number of halogens is 8. The van der Waals surface area contributed by atoms with Crippen molar-refractivity contribution in [2.75, 3.05) is 5.32 Å². The van der Waals surface area contributed by atoms with Gasteiger partial charge in [-0.3, -0.25) is 9.48 Å². The molecule has 0 aliphatic rings. The van der Waals surface area contributed by atoms with Crippen molar-refractivity contribution in [3.05, 3.63) is 47.9 Å². The van der Waals surface area contributed by atoms with Crippen molar-refractivity contribution in [2.45, 2.75) is 24.6 Å². The summed E-state index contributed by atoms with van der Waals surface area (Å²) < 4.78 is 102. The maximum atomic E-state index is 13.2. The lowest BCUT2D eigenvalue weighted by atomic mass is 10.1. The van der Waals surface area contributed by atoms with Crippen molar-refractivity contribution in [2.24, 2.45) is 0 Å². The number of benzene rings is 1. The predicted molar refractivity (Wildman–Crippen MR) is 72.3 cm³/mol. The second-order valence-electron chi connectivity index (χ2n) is 5.13. The summed E-state index contributed by atoms with van der Waals surface area (Å²) in [7, 11) is 0. The van der Waals surface area contributed by atoms with Crippen LogP contribution >= 0.6 is 0 Å². The van der Waals surface area contributed by atoms with E-state index in [0.717, 1.165) is 23.0 Å². The molecule has 26 heavy (non-hydrogen) atoms. The maximum Gasteiger partial charge on any atom is 0.460 e. The third kappa shape index (κ3) is 3.78. The van der Waals surface area contributed by atoms with Gasteiger partial charge in [0.1, 0.15) is 5.82 Å². The molecule has 1 aromatic heterocycles. The molecule has 4 nitrogen and oxygen atoms in total. The van der Waals surface area contributed by atoms with E-state index >= 15 is 0 Å². The summed E-state index contributed by atoms with van der Waals surface area (Å²) in [5.74, 6) is -16.7. The molecule has 0 atom stereocenters. The van der Waals surface area contributed by atoms with Gasteiger partial charge in [-0.25, -0.2) is 4.39 Å². The topological polar surface area (TPSA) is 46.9 Å². The zero-order valence-corrected chi connectivity index (χ0v) is 12.5. The maximum absolute atomic E-state index is 13.2. The van der Waals surface area contributed by atoms with Crippen LogP contribution in [-0.2, 0) is 11.3 Å². The summed E-state index contributed by atoms with van der Waals surface area (Å²) in [6, 6.07) is 6.09. The van der Waals surface area contributed by atoms with Gasteiger partial charge in [0.05, 0.1) is 6.54 Å². The van der Waals surface area contributed by atoms with Gasteiger partial charge in [0.25, 0.3) is 0 Å². The van der Waals surface area contributed by atoms with Crippen LogP contribution in [-0.4, -0.2) is 33.7 Å². The highest BCUT2D eigenvalue weighted by Gasteiger charge is 2.76. The summed E-state index contributed by atoms with van der Waals surface area (Å²) in [5, 5.41) is 4.74. The van der Waals surface area contributed by atoms with E-state index in [1.54, 1.807) is 0 Å². The molecule has 1 aromatic carbocycles. The summed E-state index contributed by atoms with van der Waals surface area (Å²) in [5.41, 5.74) is 0.403.